The van der Waals surface area contributed by atoms with Gasteiger partial charge in [0.1, 0.15) is 0 Å². The Balaban J connectivity index is 1.44. The van der Waals surface area contributed by atoms with E-state index in [4.69, 9.17) is 29.2 Å². The number of carboxylic acids is 2. The fraction of sp³-hybridized carbons (Fsp3) is 0.355. The number of fused-ring (bicyclic) bond motifs is 2. The van der Waals surface area contributed by atoms with Crippen LogP contribution in [-0.4, -0.2) is 61.2 Å². The number of ether oxygens (including phenoxy) is 4. The molecule has 0 fully saturated rings. The molecular weight excluding hydrogens is 634 g/mol. The summed E-state index contributed by atoms with van der Waals surface area (Å²) in [5.74, 6) is -6.46. The molecule has 0 amide bonds. The Morgan fingerprint density at radius 2 is 1.09 bits per heavy atom. The Bertz CT molecular complexity index is 1650. The highest BCUT2D eigenvalue weighted by molar-refractivity contribution is 7.21. The monoisotopic (exact) mass is 664 g/mol. The van der Waals surface area contributed by atoms with Crippen LogP contribution in [0, 0.1) is 23.5 Å². The van der Waals surface area contributed by atoms with Gasteiger partial charge in [0.15, 0.2) is 46.2 Å². The number of hydrogen-bond donors (Lipinski definition) is 2. The molecule has 0 spiro atoms. The smallest absolute Gasteiger partial charge is 0.306 e. The molecule has 4 aromatic rings. The van der Waals surface area contributed by atoms with Gasteiger partial charge in [-0.05, 0) is 12.1 Å². The Hall–Kier alpha value is -4.30. The van der Waals surface area contributed by atoms with Crippen LogP contribution in [0.5, 0.6) is 23.0 Å². The standard InChI is InChI=1S/C31H30F2O10S2/c1-14(30(36)37)8-18(34)24-10-16-22(44-24)12-20(40-3)28(26(16)32)42-6-5-7-43-29-21(41-4)13-23-17(27(29)33)11-25(45-23)19(35)9-15(2)31(38)39/h10-15H,5-9H2,1-4H3,(H,36,37)(H,38,39). The second kappa shape index (κ2) is 14.2. The number of halogens is 2. The fourth-order valence-corrected chi connectivity index (χ4v) is 6.45. The van der Waals surface area contributed by atoms with Crippen LogP contribution < -0.4 is 18.9 Å². The molecule has 4 rings (SSSR count). The highest BCUT2D eigenvalue weighted by Crippen LogP contribution is 2.42. The molecule has 0 bridgehead atoms. The van der Waals surface area contributed by atoms with Crippen molar-refractivity contribution in [2.45, 2.75) is 33.1 Å². The summed E-state index contributed by atoms with van der Waals surface area (Å²) in [6.07, 6.45) is -0.247. The molecule has 0 saturated heterocycles. The average molecular weight is 665 g/mol. The van der Waals surface area contributed by atoms with Crippen molar-refractivity contribution in [3.8, 4) is 23.0 Å². The molecular formula is C31H30F2O10S2. The normalized spacial score (nSPS) is 12.6. The molecule has 2 heterocycles. The van der Waals surface area contributed by atoms with Gasteiger partial charge in [-0.15, -0.1) is 22.7 Å². The first-order valence-corrected chi connectivity index (χ1v) is 15.4. The number of Topliss-reactive ketones (excluding diaryl/α,β-unsaturated/α-hetero) is 2. The van der Waals surface area contributed by atoms with Crippen molar-refractivity contribution in [1.82, 2.24) is 0 Å². The minimum atomic E-state index is -1.10. The first-order valence-electron chi connectivity index (χ1n) is 13.7. The van der Waals surface area contributed by atoms with Crippen molar-refractivity contribution in [3.63, 3.8) is 0 Å². The molecule has 10 nitrogen and oxygen atoms in total. The first-order chi connectivity index (χ1) is 21.4. The molecule has 2 aromatic carbocycles. The van der Waals surface area contributed by atoms with Gasteiger partial charge in [0, 0.05) is 51.6 Å². The lowest BCUT2D eigenvalue weighted by Gasteiger charge is -2.14. The van der Waals surface area contributed by atoms with E-state index in [1.54, 1.807) is 0 Å². The van der Waals surface area contributed by atoms with Crippen LogP contribution in [0.1, 0.15) is 52.5 Å². The maximum Gasteiger partial charge on any atom is 0.306 e. The third-order valence-electron chi connectivity index (χ3n) is 6.96. The van der Waals surface area contributed by atoms with Gasteiger partial charge in [0.05, 0.1) is 49.0 Å². The number of aliphatic carboxylic acids is 2. The zero-order chi connectivity index (χ0) is 33.0. The van der Waals surface area contributed by atoms with Gasteiger partial charge in [-0.1, -0.05) is 13.8 Å². The average Bonchev–Trinajstić information content (AvgIpc) is 3.63. The van der Waals surface area contributed by atoms with Crippen molar-refractivity contribution >= 4 is 66.4 Å². The van der Waals surface area contributed by atoms with E-state index in [2.05, 4.69) is 0 Å². The molecule has 0 aliphatic heterocycles. The molecule has 240 valence electrons. The van der Waals surface area contributed by atoms with Crippen LogP contribution in [0.25, 0.3) is 20.2 Å². The van der Waals surface area contributed by atoms with Crippen molar-refractivity contribution in [1.29, 1.82) is 0 Å². The van der Waals surface area contributed by atoms with Gasteiger partial charge in [-0.25, -0.2) is 8.78 Å². The van der Waals surface area contributed by atoms with Crippen LogP contribution >= 0.6 is 22.7 Å². The van der Waals surface area contributed by atoms with E-state index < -0.39 is 47.0 Å². The summed E-state index contributed by atoms with van der Waals surface area (Å²) in [6, 6.07) is 5.79. The van der Waals surface area contributed by atoms with Crippen molar-refractivity contribution in [2.75, 3.05) is 27.4 Å². The van der Waals surface area contributed by atoms with Crippen LogP contribution in [0.2, 0.25) is 0 Å². The zero-order valence-corrected chi connectivity index (χ0v) is 26.4. The molecule has 14 heteroatoms. The van der Waals surface area contributed by atoms with E-state index in [1.165, 1.54) is 52.3 Å². The summed E-state index contributed by atoms with van der Waals surface area (Å²) in [5, 5.41) is 18.4. The van der Waals surface area contributed by atoms with E-state index in [0.717, 1.165) is 22.7 Å². The number of ketones is 2. The number of rotatable bonds is 16. The Morgan fingerprint density at radius 3 is 1.42 bits per heavy atom. The van der Waals surface area contributed by atoms with Gasteiger partial charge < -0.3 is 29.2 Å². The number of hydrogen-bond acceptors (Lipinski definition) is 10. The number of carboxylic acid groups (broad SMARTS) is 2. The van der Waals surface area contributed by atoms with Crippen LogP contribution in [0.3, 0.4) is 0 Å². The molecule has 0 aliphatic rings. The van der Waals surface area contributed by atoms with Crippen LogP contribution in [0.4, 0.5) is 8.78 Å². The summed E-state index contributed by atoms with van der Waals surface area (Å²) in [4.78, 5) is 47.8. The quantitative estimate of drug-likeness (QED) is 0.0964. The summed E-state index contributed by atoms with van der Waals surface area (Å²) >= 11 is 2.05. The molecule has 2 atom stereocenters. The Kier molecular flexibility index (Phi) is 10.6. The first kappa shape index (κ1) is 33.6. The van der Waals surface area contributed by atoms with Gasteiger partial charge in [0.2, 0.25) is 0 Å². The maximum absolute atomic E-state index is 15.5. The number of carbonyl (C=O) groups is 4. The van der Waals surface area contributed by atoms with Crippen molar-refractivity contribution in [3.05, 3.63) is 45.7 Å². The SMILES string of the molecule is COc1cc2sc(C(=O)CC(C)C(=O)O)cc2c(F)c1OCCCOc1c(OC)cc2sc(C(=O)CC(C)C(=O)O)cc2c1F. The highest BCUT2D eigenvalue weighted by Gasteiger charge is 2.24. The summed E-state index contributed by atoms with van der Waals surface area (Å²) in [6.45, 7) is 2.75. The summed E-state index contributed by atoms with van der Waals surface area (Å²) in [5.41, 5.74) is 0. The van der Waals surface area contributed by atoms with Gasteiger partial charge >= 0.3 is 11.9 Å². The Labute approximate surface area is 264 Å². The third kappa shape index (κ3) is 7.34. The van der Waals surface area contributed by atoms with E-state index in [1.807, 2.05) is 0 Å². The van der Waals surface area contributed by atoms with Crippen LogP contribution in [0.15, 0.2) is 24.3 Å². The lowest BCUT2D eigenvalue weighted by molar-refractivity contribution is -0.141. The molecule has 2 aromatic heterocycles. The predicted molar refractivity (Wildman–Crippen MR) is 164 cm³/mol. The second-order valence-electron chi connectivity index (χ2n) is 10.3. The third-order valence-corrected chi connectivity index (χ3v) is 9.21. The number of carbonyl (C=O) groups excluding carboxylic acids is 2. The topological polar surface area (TPSA) is 146 Å². The van der Waals surface area contributed by atoms with E-state index >= 15 is 8.78 Å². The van der Waals surface area contributed by atoms with E-state index in [9.17, 15) is 19.2 Å². The number of methoxy groups -OCH3 is 2. The predicted octanol–water partition coefficient (Wildman–Crippen LogP) is 6.85. The molecule has 0 aliphatic carbocycles. The van der Waals surface area contributed by atoms with Gasteiger partial charge in [-0.3, -0.25) is 19.2 Å². The van der Waals surface area contributed by atoms with E-state index in [0.29, 0.717) is 9.40 Å². The summed E-state index contributed by atoms with van der Waals surface area (Å²) in [7, 11) is 2.68. The van der Waals surface area contributed by atoms with Crippen molar-refractivity contribution < 1.29 is 57.1 Å². The van der Waals surface area contributed by atoms with Gasteiger partial charge in [-0.2, -0.15) is 0 Å². The molecule has 0 radical (unpaired) electrons. The summed E-state index contributed by atoms with van der Waals surface area (Å²) < 4.78 is 53.7. The van der Waals surface area contributed by atoms with Gasteiger partial charge in [0.25, 0.3) is 0 Å². The molecule has 0 saturated carbocycles. The minimum Gasteiger partial charge on any atom is -0.493 e. The number of benzene rings is 2. The van der Waals surface area contributed by atoms with Crippen molar-refractivity contribution in [2.24, 2.45) is 11.8 Å². The highest BCUT2D eigenvalue weighted by atomic mass is 32.1. The molecule has 2 unspecified atom stereocenters. The lowest BCUT2D eigenvalue weighted by Crippen LogP contribution is -2.14. The minimum absolute atomic E-state index is 0.0458. The molecule has 2 N–H and O–H groups in total. The van der Waals surface area contributed by atoms with E-state index in [-0.39, 0.29) is 76.0 Å². The maximum atomic E-state index is 15.5. The van der Waals surface area contributed by atoms with Crippen LogP contribution in [-0.2, 0) is 9.59 Å². The number of thiophene rings is 2. The zero-order valence-electron chi connectivity index (χ0n) is 24.7. The lowest BCUT2D eigenvalue weighted by atomic mass is 10.0. The molecule has 45 heavy (non-hydrogen) atoms. The fourth-order valence-electron chi connectivity index (χ4n) is 4.38. The Morgan fingerprint density at radius 1 is 0.711 bits per heavy atom. The largest absolute Gasteiger partial charge is 0.493 e. The second-order valence-corrected chi connectivity index (χ2v) is 12.4.